The zero-order chi connectivity index (χ0) is 12.6. The summed E-state index contributed by atoms with van der Waals surface area (Å²) in [7, 11) is 1.92. The van der Waals surface area contributed by atoms with Crippen molar-refractivity contribution in [1.82, 2.24) is 14.7 Å². The summed E-state index contributed by atoms with van der Waals surface area (Å²) >= 11 is 0. The van der Waals surface area contributed by atoms with E-state index in [0.29, 0.717) is 0 Å². The van der Waals surface area contributed by atoms with E-state index in [0.717, 1.165) is 25.2 Å². The van der Waals surface area contributed by atoms with Gasteiger partial charge in [0.05, 0.1) is 12.1 Å². The van der Waals surface area contributed by atoms with Crippen LogP contribution in [0.5, 0.6) is 0 Å². The zero-order valence-electron chi connectivity index (χ0n) is 10.6. The minimum absolute atomic E-state index is 0.104. The van der Waals surface area contributed by atoms with E-state index in [1.807, 2.05) is 31.8 Å². The lowest BCUT2D eigenvalue weighted by molar-refractivity contribution is -0.142. The molecule has 94 valence electrons. The Morgan fingerprint density at radius 3 is 2.82 bits per heavy atom. The molecule has 1 N–H and O–H groups in total. The summed E-state index contributed by atoms with van der Waals surface area (Å²) in [5.41, 5.74) is 2.33. The minimum Gasteiger partial charge on any atom is -0.481 e. The average molecular weight is 237 g/mol. The smallest absolute Gasteiger partial charge is 0.308 e. The first kappa shape index (κ1) is 12.1. The molecule has 5 nitrogen and oxygen atoms in total. The molecule has 0 saturated carbocycles. The number of likely N-dealkylation sites (tertiary alicyclic amines) is 1. The van der Waals surface area contributed by atoms with Crippen LogP contribution in [-0.4, -0.2) is 38.3 Å². The third-order valence-electron chi connectivity index (χ3n) is 3.91. The Morgan fingerprint density at radius 1 is 1.65 bits per heavy atom. The largest absolute Gasteiger partial charge is 0.481 e. The second-order valence-corrected chi connectivity index (χ2v) is 4.82. The van der Waals surface area contributed by atoms with Crippen molar-refractivity contribution in [2.45, 2.75) is 32.9 Å². The van der Waals surface area contributed by atoms with Crippen molar-refractivity contribution in [3.8, 4) is 0 Å². The first-order valence-electron chi connectivity index (χ1n) is 5.95. The molecule has 0 bridgehead atoms. The van der Waals surface area contributed by atoms with Crippen molar-refractivity contribution < 1.29 is 9.90 Å². The summed E-state index contributed by atoms with van der Waals surface area (Å²) in [6.07, 6.45) is 2.62. The number of carboxylic acids is 1. The van der Waals surface area contributed by atoms with E-state index < -0.39 is 5.97 Å². The van der Waals surface area contributed by atoms with E-state index in [-0.39, 0.29) is 12.0 Å². The van der Waals surface area contributed by atoms with Gasteiger partial charge in [-0.1, -0.05) is 0 Å². The average Bonchev–Trinajstić information content (AvgIpc) is 2.77. The maximum Gasteiger partial charge on any atom is 0.308 e. The Bertz CT molecular complexity index is 427. The first-order chi connectivity index (χ1) is 8.00. The van der Waals surface area contributed by atoms with Crippen molar-refractivity contribution in [1.29, 1.82) is 0 Å². The van der Waals surface area contributed by atoms with Gasteiger partial charge in [-0.25, -0.2) is 0 Å². The molecule has 5 heteroatoms. The first-order valence-corrected chi connectivity index (χ1v) is 5.95. The number of carbonyl (C=O) groups is 1. The van der Waals surface area contributed by atoms with Gasteiger partial charge >= 0.3 is 5.97 Å². The third kappa shape index (κ3) is 2.20. The molecule has 1 aromatic rings. The highest BCUT2D eigenvalue weighted by Gasteiger charge is 2.35. The highest BCUT2D eigenvalue weighted by molar-refractivity contribution is 5.71. The molecule has 0 spiro atoms. The Kier molecular flexibility index (Phi) is 3.19. The molecule has 1 saturated heterocycles. The lowest BCUT2D eigenvalue weighted by Gasteiger charge is -2.22. The number of aryl methyl sites for hydroxylation is 1. The number of carboxylic acid groups (broad SMARTS) is 1. The summed E-state index contributed by atoms with van der Waals surface area (Å²) in [5.74, 6) is -0.908. The standard InChI is InChI=1S/C12H19N3O2/c1-8-10(6-13-14(8)3)7-15-5-4-11(9(15)2)12(16)17/h6,9,11H,4-5,7H2,1-3H3,(H,16,17). The fraction of sp³-hybridized carbons (Fsp3) is 0.667. The normalized spacial score (nSPS) is 25.4. The van der Waals surface area contributed by atoms with Crippen LogP contribution < -0.4 is 0 Å². The molecule has 0 aromatic carbocycles. The predicted octanol–water partition coefficient (Wildman–Crippen LogP) is 1.02. The molecule has 1 aliphatic heterocycles. The van der Waals surface area contributed by atoms with Crippen LogP contribution in [0.4, 0.5) is 0 Å². The van der Waals surface area contributed by atoms with E-state index in [1.165, 1.54) is 5.56 Å². The summed E-state index contributed by atoms with van der Waals surface area (Å²) < 4.78 is 1.85. The van der Waals surface area contributed by atoms with Crippen molar-refractivity contribution in [3.05, 3.63) is 17.5 Å². The van der Waals surface area contributed by atoms with Gasteiger partial charge in [-0.2, -0.15) is 5.10 Å². The van der Waals surface area contributed by atoms with Crippen LogP contribution in [0.15, 0.2) is 6.20 Å². The number of hydrogen-bond acceptors (Lipinski definition) is 3. The van der Waals surface area contributed by atoms with Crippen LogP contribution in [-0.2, 0) is 18.4 Å². The maximum atomic E-state index is 11.0. The fourth-order valence-electron chi connectivity index (χ4n) is 2.48. The van der Waals surface area contributed by atoms with Crippen LogP contribution in [0.2, 0.25) is 0 Å². The van der Waals surface area contributed by atoms with E-state index in [2.05, 4.69) is 10.00 Å². The number of rotatable bonds is 3. The summed E-state index contributed by atoms with van der Waals surface area (Å²) in [6.45, 7) is 5.69. The minimum atomic E-state index is -0.678. The molecule has 2 unspecified atom stereocenters. The third-order valence-corrected chi connectivity index (χ3v) is 3.91. The van der Waals surface area contributed by atoms with Crippen LogP contribution in [0, 0.1) is 12.8 Å². The number of aromatic nitrogens is 2. The Balaban J connectivity index is 2.06. The molecule has 2 heterocycles. The highest BCUT2D eigenvalue weighted by Crippen LogP contribution is 2.26. The molecular weight excluding hydrogens is 218 g/mol. The summed E-state index contributed by atoms with van der Waals surface area (Å²) in [6, 6.07) is 0.104. The molecule has 1 aliphatic rings. The fourth-order valence-corrected chi connectivity index (χ4v) is 2.48. The molecule has 1 fully saturated rings. The molecule has 0 aliphatic carbocycles. The lowest BCUT2D eigenvalue weighted by atomic mass is 10.0. The Morgan fingerprint density at radius 2 is 2.35 bits per heavy atom. The van der Waals surface area contributed by atoms with Gasteiger partial charge in [0, 0.05) is 30.9 Å². The van der Waals surface area contributed by atoms with E-state index >= 15 is 0 Å². The number of nitrogens with zero attached hydrogens (tertiary/aromatic N) is 3. The van der Waals surface area contributed by atoms with Crippen LogP contribution in [0.3, 0.4) is 0 Å². The molecule has 17 heavy (non-hydrogen) atoms. The van der Waals surface area contributed by atoms with Gasteiger partial charge in [-0.05, 0) is 26.8 Å². The molecule has 0 radical (unpaired) electrons. The van der Waals surface area contributed by atoms with Gasteiger partial charge < -0.3 is 5.11 Å². The van der Waals surface area contributed by atoms with Gasteiger partial charge in [0.2, 0.25) is 0 Å². The van der Waals surface area contributed by atoms with Crippen LogP contribution in [0.1, 0.15) is 24.6 Å². The van der Waals surface area contributed by atoms with Crippen molar-refractivity contribution in [3.63, 3.8) is 0 Å². The van der Waals surface area contributed by atoms with Crippen LogP contribution in [0.25, 0.3) is 0 Å². The second-order valence-electron chi connectivity index (χ2n) is 4.82. The number of aliphatic carboxylic acids is 1. The molecule has 2 atom stereocenters. The monoisotopic (exact) mass is 237 g/mol. The number of hydrogen-bond donors (Lipinski definition) is 1. The SMILES string of the molecule is Cc1c(CN2CCC(C(=O)O)C2C)cnn1C. The zero-order valence-corrected chi connectivity index (χ0v) is 10.6. The van der Waals surface area contributed by atoms with Gasteiger partial charge in [0.25, 0.3) is 0 Å². The van der Waals surface area contributed by atoms with Crippen molar-refractivity contribution in [2.75, 3.05) is 6.54 Å². The molecular formula is C12H19N3O2. The van der Waals surface area contributed by atoms with E-state index in [4.69, 9.17) is 5.11 Å². The Hall–Kier alpha value is -1.36. The van der Waals surface area contributed by atoms with Gasteiger partial charge in [0.15, 0.2) is 0 Å². The molecule has 2 rings (SSSR count). The Labute approximate surface area is 101 Å². The van der Waals surface area contributed by atoms with Gasteiger partial charge in [-0.15, -0.1) is 0 Å². The van der Waals surface area contributed by atoms with E-state index in [1.54, 1.807) is 0 Å². The predicted molar refractivity (Wildman–Crippen MR) is 63.6 cm³/mol. The van der Waals surface area contributed by atoms with Gasteiger partial charge in [0.1, 0.15) is 0 Å². The maximum absolute atomic E-state index is 11.0. The van der Waals surface area contributed by atoms with Crippen LogP contribution >= 0.6 is 0 Å². The second kappa shape index (κ2) is 4.49. The highest BCUT2D eigenvalue weighted by atomic mass is 16.4. The summed E-state index contributed by atoms with van der Waals surface area (Å²) in [4.78, 5) is 13.3. The quantitative estimate of drug-likeness (QED) is 0.853. The van der Waals surface area contributed by atoms with Crippen molar-refractivity contribution in [2.24, 2.45) is 13.0 Å². The molecule has 0 amide bonds. The summed E-state index contributed by atoms with van der Waals surface area (Å²) in [5, 5.41) is 13.3. The lowest BCUT2D eigenvalue weighted by Crippen LogP contribution is -2.32. The van der Waals surface area contributed by atoms with E-state index in [9.17, 15) is 4.79 Å². The van der Waals surface area contributed by atoms with Gasteiger partial charge in [-0.3, -0.25) is 14.4 Å². The molecule has 1 aromatic heterocycles. The van der Waals surface area contributed by atoms with Crippen molar-refractivity contribution >= 4 is 5.97 Å². The topological polar surface area (TPSA) is 58.4 Å².